The van der Waals surface area contributed by atoms with Gasteiger partial charge >= 0.3 is 0 Å². The number of furan rings is 1. The van der Waals surface area contributed by atoms with Crippen LogP contribution >= 0.6 is 11.6 Å². The van der Waals surface area contributed by atoms with E-state index in [9.17, 15) is 9.18 Å². The van der Waals surface area contributed by atoms with Crippen molar-refractivity contribution >= 4 is 17.5 Å². The van der Waals surface area contributed by atoms with Gasteiger partial charge < -0.3 is 14.1 Å². The van der Waals surface area contributed by atoms with E-state index in [4.69, 9.17) is 20.8 Å². The number of benzene rings is 2. The number of nitrogens with zero attached hydrogens (tertiary/aromatic N) is 1. The van der Waals surface area contributed by atoms with E-state index in [1.54, 1.807) is 59.7 Å². The zero-order valence-electron chi connectivity index (χ0n) is 13.9. The molecule has 0 fully saturated rings. The van der Waals surface area contributed by atoms with Gasteiger partial charge in [-0.3, -0.25) is 4.79 Å². The van der Waals surface area contributed by atoms with Crippen molar-refractivity contribution in [2.75, 3.05) is 6.61 Å². The van der Waals surface area contributed by atoms with E-state index in [1.807, 2.05) is 0 Å². The molecule has 4 nitrogen and oxygen atoms in total. The Balaban J connectivity index is 1.70. The molecule has 2 aromatic carbocycles. The number of hydrogen-bond donors (Lipinski definition) is 0. The highest BCUT2D eigenvalue weighted by molar-refractivity contribution is 6.30. The second-order valence-corrected chi connectivity index (χ2v) is 6.14. The number of ether oxygens (including phenoxy) is 1. The van der Waals surface area contributed by atoms with Crippen molar-refractivity contribution in [3.05, 3.63) is 89.1 Å². The Morgan fingerprint density at radius 2 is 1.92 bits per heavy atom. The minimum absolute atomic E-state index is 0.156. The fourth-order valence-electron chi connectivity index (χ4n) is 2.47. The van der Waals surface area contributed by atoms with Gasteiger partial charge in [-0.15, -0.1) is 0 Å². The van der Waals surface area contributed by atoms with Gasteiger partial charge in [-0.1, -0.05) is 29.8 Å². The Morgan fingerprint density at radius 1 is 1.08 bits per heavy atom. The lowest BCUT2D eigenvalue weighted by Crippen LogP contribution is -2.34. The predicted molar refractivity (Wildman–Crippen MR) is 96.3 cm³/mol. The van der Waals surface area contributed by atoms with Crippen molar-refractivity contribution in [1.82, 2.24) is 4.90 Å². The molecule has 134 valence electrons. The largest absolute Gasteiger partial charge is 0.484 e. The average molecular weight is 374 g/mol. The van der Waals surface area contributed by atoms with Crippen molar-refractivity contribution in [2.45, 2.75) is 13.1 Å². The van der Waals surface area contributed by atoms with E-state index >= 15 is 0 Å². The molecule has 1 heterocycles. The molecule has 0 spiro atoms. The first-order chi connectivity index (χ1) is 12.6. The summed E-state index contributed by atoms with van der Waals surface area (Å²) in [4.78, 5) is 14.2. The van der Waals surface area contributed by atoms with Crippen molar-refractivity contribution in [3.8, 4) is 5.75 Å². The van der Waals surface area contributed by atoms with Crippen LogP contribution in [0.15, 0.2) is 71.3 Å². The molecule has 0 aliphatic carbocycles. The highest BCUT2D eigenvalue weighted by atomic mass is 35.5. The molecule has 0 unspecified atom stereocenters. The molecular weight excluding hydrogens is 357 g/mol. The maximum atomic E-state index is 13.4. The zero-order chi connectivity index (χ0) is 18.4. The first kappa shape index (κ1) is 18.0. The molecule has 0 saturated carbocycles. The smallest absolute Gasteiger partial charge is 0.261 e. The molecule has 0 aliphatic heterocycles. The minimum atomic E-state index is -0.344. The summed E-state index contributed by atoms with van der Waals surface area (Å²) in [5.41, 5.74) is 0.688. The third-order valence-corrected chi connectivity index (χ3v) is 3.94. The van der Waals surface area contributed by atoms with Gasteiger partial charge in [0.2, 0.25) is 0 Å². The van der Waals surface area contributed by atoms with Crippen LogP contribution < -0.4 is 4.74 Å². The maximum absolute atomic E-state index is 13.4. The zero-order valence-corrected chi connectivity index (χ0v) is 14.7. The van der Waals surface area contributed by atoms with E-state index in [0.29, 0.717) is 22.1 Å². The topological polar surface area (TPSA) is 42.7 Å². The minimum Gasteiger partial charge on any atom is -0.484 e. The Morgan fingerprint density at radius 3 is 2.65 bits per heavy atom. The summed E-state index contributed by atoms with van der Waals surface area (Å²) < 4.78 is 24.3. The first-order valence-electron chi connectivity index (χ1n) is 8.03. The highest BCUT2D eigenvalue weighted by Crippen LogP contribution is 2.18. The normalized spacial score (nSPS) is 10.5. The van der Waals surface area contributed by atoms with Gasteiger partial charge in [0.25, 0.3) is 5.91 Å². The van der Waals surface area contributed by atoms with Crippen LogP contribution in [0.2, 0.25) is 5.02 Å². The lowest BCUT2D eigenvalue weighted by Gasteiger charge is -2.22. The Bertz CT molecular complexity index is 867. The number of carbonyl (C=O) groups is 1. The van der Waals surface area contributed by atoms with E-state index in [0.717, 1.165) is 0 Å². The number of rotatable bonds is 7. The molecule has 1 aromatic heterocycles. The maximum Gasteiger partial charge on any atom is 0.261 e. The van der Waals surface area contributed by atoms with E-state index in [-0.39, 0.29) is 31.4 Å². The van der Waals surface area contributed by atoms with Crippen LogP contribution in [0.25, 0.3) is 0 Å². The summed E-state index contributed by atoms with van der Waals surface area (Å²) in [5, 5.41) is 0.530. The lowest BCUT2D eigenvalue weighted by atomic mass is 10.2. The summed E-state index contributed by atoms with van der Waals surface area (Å²) in [7, 11) is 0. The summed E-state index contributed by atoms with van der Waals surface area (Å²) in [6.07, 6.45) is 1.54. The molecule has 0 atom stereocenters. The summed E-state index contributed by atoms with van der Waals surface area (Å²) in [6.45, 7) is 0.355. The Kier molecular flexibility index (Phi) is 5.92. The van der Waals surface area contributed by atoms with Crippen LogP contribution in [0.5, 0.6) is 5.75 Å². The Hall–Kier alpha value is -2.79. The quantitative estimate of drug-likeness (QED) is 0.604. The van der Waals surface area contributed by atoms with E-state index in [1.165, 1.54) is 12.1 Å². The fraction of sp³-hybridized carbons (Fsp3) is 0.150. The van der Waals surface area contributed by atoms with Crippen molar-refractivity contribution in [1.29, 1.82) is 0 Å². The van der Waals surface area contributed by atoms with Crippen molar-refractivity contribution in [3.63, 3.8) is 0 Å². The molecule has 0 radical (unpaired) electrons. The molecule has 3 aromatic rings. The molecule has 3 rings (SSSR count). The summed E-state index contributed by atoms with van der Waals surface area (Å²) in [6, 6.07) is 16.5. The highest BCUT2D eigenvalue weighted by Gasteiger charge is 2.17. The van der Waals surface area contributed by atoms with Crippen LogP contribution in [-0.4, -0.2) is 17.4 Å². The van der Waals surface area contributed by atoms with Crippen LogP contribution in [-0.2, 0) is 17.9 Å². The van der Waals surface area contributed by atoms with Crippen molar-refractivity contribution < 1.29 is 18.3 Å². The van der Waals surface area contributed by atoms with Gasteiger partial charge in [-0.05, 0) is 48.0 Å². The molecule has 0 aliphatic rings. The van der Waals surface area contributed by atoms with Gasteiger partial charge in [0, 0.05) is 11.6 Å². The molecular formula is C20H17ClFNO3. The van der Waals surface area contributed by atoms with Gasteiger partial charge in [-0.25, -0.2) is 4.39 Å². The SMILES string of the molecule is O=C(COc1cccc(Cl)c1)N(Cc1cccc(F)c1)Cc1ccco1. The van der Waals surface area contributed by atoms with Gasteiger partial charge in [0.1, 0.15) is 17.3 Å². The molecule has 0 saturated heterocycles. The standard InChI is InChI=1S/C20H17ClFNO3/c21-16-5-2-7-18(11-16)26-14-20(24)23(13-19-8-3-9-25-19)12-15-4-1-6-17(22)10-15/h1-11H,12-14H2. The molecule has 0 N–H and O–H groups in total. The van der Waals surface area contributed by atoms with E-state index in [2.05, 4.69) is 0 Å². The molecule has 26 heavy (non-hydrogen) atoms. The molecule has 6 heteroatoms. The Labute approximate surface area is 155 Å². The number of hydrogen-bond acceptors (Lipinski definition) is 3. The third-order valence-electron chi connectivity index (χ3n) is 3.70. The first-order valence-corrected chi connectivity index (χ1v) is 8.41. The molecule has 0 bridgehead atoms. The summed E-state index contributed by atoms with van der Waals surface area (Å²) >= 11 is 5.92. The second-order valence-electron chi connectivity index (χ2n) is 5.71. The van der Waals surface area contributed by atoms with Gasteiger partial charge in [0.05, 0.1) is 12.8 Å². The number of carbonyl (C=O) groups excluding carboxylic acids is 1. The van der Waals surface area contributed by atoms with Crippen LogP contribution in [0.4, 0.5) is 4.39 Å². The fourth-order valence-corrected chi connectivity index (χ4v) is 2.65. The van der Waals surface area contributed by atoms with Gasteiger partial charge in [0.15, 0.2) is 6.61 Å². The predicted octanol–water partition coefficient (Wildman–Crippen LogP) is 4.68. The number of halogens is 2. The summed E-state index contributed by atoms with van der Waals surface area (Å²) in [5.74, 6) is 0.556. The van der Waals surface area contributed by atoms with E-state index < -0.39 is 0 Å². The van der Waals surface area contributed by atoms with Crippen LogP contribution in [0.3, 0.4) is 0 Å². The van der Waals surface area contributed by atoms with Crippen molar-refractivity contribution in [2.24, 2.45) is 0 Å². The third kappa shape index (κ3) is 5.10. The van der Waals surface area contributed by atoms with Gasteiger partial charge in [-0.2, -0.15) is 0 Å². The number of amides is 1. The monoisotopic (exact) mass is 373 g/mol. The van der Waals surface area contributed by atoms with Crippen LogP contribution in [0, 0.1) is 5.82 Å². The van der Waals surface area contributed by atoms with Crippen LogP contribution in [0.1, 0.15) is 11.3 Å². The lowest BCUT2D eigenvalue weighted by molar-refractivity contribution is -0.134. The molecule has 1 amide bonds. The average Bonchev–Trinajstić information content (AvgIpc) is 3.12. The second kappa shape index (κ2) is 8.54.